The van der Waals surface area contributed by atoms with Crippen molar-refractivity contribution in [3.63, 3.8) is 0 Å². The quantitative estimate of drug-likeness (QED) is 0.0647. The Morgan fingerprint density at radius 1 is 0.889 bits per heavy atom. The van der Waals surface area contributed by atoms with Crippen LogP contribution in [0.15, 0.2) is 60.7 Å². The molecule has 1 saturated carbocycles. The fourth-order valence-corrected chi connectivity index (χ4v) is 8.97. The molecule has 2 heterocycles. The van der Waals surface area contributed by atoms with Crippen LogP contribution in [0.1, 0.15) is 77.9 Å². The molecule has 1 aromatic heterocycles. The van der Waals surface area contributed by atoms with Crippen molar-refractivity contribution >= 4 is 39.7 Å². The van der Waals surface area contributed by atoms with E-state index in [9.17, 15) is 37.7 Å². The first-order valence-corrected chi connectivity index (χ1v) is 25.1. The Kier molecular flexibility index (Phi) is 18.6. The molecule has 4 atom stereocenters. The summed E-state index contributed by atoms with van der Waals surface area (Å²) in [5.41, 5.74) is 14.4. The molecule has 23 heteroatoms. The number of nitrogens with two attached hydrogens (primary N) is 3. The summed E-state index contributed by atoms with van der Waals surface area (Å²) in [6.45, 7) is 3.92. The predicted molar refractivity (Wildman–Crippen MR) is 265 cm³/mol. The maximum atomic E-state index is 14.9. The van der Waals surface area contributed by atoms with Gasteiger partial charge in [-0.05, 0) is 106 Å². The van der Waals surface area contributed by atoms with E-state index < -0.39 is 70.5 Å². The molecule has 4 bridgehead atoms. The van der Waals surface area contributed by atoms with Crippen LogP contribution in [0.3, 0.4) is 0 Å². The first kappa shape index (κ1) is 54.1. The van der Waals surface area contributed by atoms with Crippen LogP contribution in [0, 0.1) is 25.2 Å². The van der Waals surface area contributed by atoms with E-state index in [1.807, 2.05) is 30.3 Å². The summed E-state index contributed by atoms with van der Waals surface area (Å²) in [6, 6.07) is 13.1. The van der Waals surface area contributed by atoms with Gasteiger partial charge in [0, 0.05) is 49.8 Å². The van der Waals surface area contributed by atoms with Gasteiger partial charge in [0.15, 0.2) is 5.82 Å². The molecule has 1 aliphatic carbocycles. The fourth-order valence-electron chi connectivity index (χ4n) is 8.57. The number of nitrogens with one attached hydrogen (secondary N) is 5. The second-order valence-electron chi connectivity index (χ2n) is 17.5. The van der Waals surface area contributed by atoms with E-state index in [4.69, 9.17) is 30.8 Å². The number of nitrogens with zero attached hydrogens (tertiary/aromatic N) is 4. The summed E-state index contributed by atoms with van der Waals surface area (Å²) >= 11 is 0. The Morgan fingerprint density at radius 3 is 2.12 bits per heavy atom. The van der Waals surface area contributed by atoms with Gasteiger partial charge < -0.3 is 51.8 Å². The molecule has 0 unspecified atom stereocenters. The number of aryl methyl sites for hydroxylation is 2. The number of rotatable bonds is 18. The normalized spacial score (nSPS) is 17.7. The largest absolute Gasteiger partial charge is 0.492 e. The van der Waals surface area contributed by atoms with Gasteiger partial charge in [-0.1, -0.05) is 18.6 Å². The van der Waals surface area contributed by atoms with E-state index >= 15 is 0 Å². The highest BCUT2D eigenvalue weighted by Gasteiger charge is 2.37. The van der Waals surface area contributed by atoms with Crippen LogP contribution in [0.25, 0.3) is 22.5 Å². The predicted octanol–water partition coefficient (Wildman–Crippen LogP) is 1.09. The van der Waals surface area contributed by atoms with Crippen molar-refractivity contribution in [1.82, 2.24) is 40.9 Å². The maximum Gasteiger partial charge on any atom is 0.274 e. The summed E-state index contributed by atoms with van der Waals surface area (Å²) in [6.07, 6.45) is 5.58. The third-order valence-electron chi connectivity index (χ3n) is 12.1. The van der Waals surface area contributed by atoms with Crippen LogP contribution >= 0.6 is 0 Å². The van der Waals surface area contributed by atoms with Gasteiger partial charge in [-0.2, -0.15) is 18.4 Å². The van der Waals surface area contributed by atoms with Crippen molar-refractivity contribution in [3.8, 4) is 45.8 Å². The zero-order chi connectivity index (χ0) is 52.1. The smallest absolute Gasteiger partial charge is 0.274 e. The number of carbonyl (C=O) groups excluding carboxylic acids is 5. The molecule has 384 valence electrons. The molecule has 1 fully saturated rings. The lowest BCUT2D eigenvalue weighted by atomic mass is 9.93. The number of benzene rings is 3. The lowest BCUT2D eigenvalue weighted by Crippen LogP contribution is -2.57. The number of hydrogen-bond donors (Lipinski definition) is 8. The first-order chi connectivity index (χ1) is 34.4. The van der Waals surface area contributed by atoms with Crippen molar-refractivity contribution in [2.75, 3.05) is 46.4 Å². The van der Waals surface area contributed by atoms with E-state index in [0.29, 0.717) is 39.6 Å². The SMILES string of the molecule is Cc1nc(-c2ccc(OC3CCCCC3)cc2)nc(C)c1C(=O)N[C@@H](CNS(N)(=O)=O)C(=O)N(C)[C@@H]1C(=O)N[C@@H](C)C(=O)N[C@H](C(=O)NCC#N)Cc2ccc(OCCN)c(c2)-c2cc1ccc2OCCN. The van der Waals surface area contributed by atoms with Gasteiger partial charge >= 0.3 is 0 Å². The third-order valence-corrected chi connectivity index (χ3v) is 12.7. The lowest BCUT2D eigenvalue weighted by Gasteiger charge is -2.32. The number of ether oxygens (including phenoxy) is 3. The summed E-state index contributed by atoms with van der Waals surface area (Å²) in [7, 11) is -3.19. The number of nitriles is 1. The maximum absolute atomic E-state index is 14.9. The van der Waals surface area contributed by atoms with E-state index in [2.05, 4.69) is 36.0 Å². The number of likely N-dealkylation sites (N-methyl/N-ethyl adjacent to an activating group) is 1. The van der Waals surface area contributed by atoms with Gasteiger partial charge in [0.1, 0.15) is 61.2 Å². The average molecular weight is 1010 g/mol. The second-order valence-corrected chi connectivity index (χ2v) is 18.9. The van der Waals surface area contributed by atoms with Gasteiger partial charge in [0.25, 0.3) is 16.1 Å². The molecule has 11 N–H and O–H groups in total. The monoisotopic (exact) mass is 1010 g/mol. The molecular formula is C49H62N12O10S. The molecule has 6 rings (SSSR count). The zero-order valence-corrected chi connectivity index (χ0v) is 41.5. The van der Waals surface area contributed by atoms with Gasteiger partial charge in [0.05, 0.1) is 29.1 Å². The summed E-state index contributed by atoms with van der Waals surface area (Å²) in [5.74, 6) is -2.45. The van der Waals surface area contributed by atoms with Crippen LogP contribution < -0.4 is 56.8 Å². The molecule has 2 aliphatic rings. The van der Waals surface area contributed by atoms with E-state index in [-0.39, 0.29) is 67.9 Å². The van der Waals surface area contributed by atoms with Crippen LogP contribution in [0.2, 0.25) is 0 Å². The second kappa shape index (κ2) is 24.7. The summed E-state index contributed by atoms with van der Waals surface area (Å²) in [4.78, 5) is 81.2. The van der Waals surface area contributed by atoms with Crippen LogP contribution in [-0.2, 0) is 35.8 Å². The minimum Gasteiger partial charge on any atom is -0.492 e. The average Bonchev–Trinajstić information content (AvgIpc) is 3.35. The summed E-state index contributed by atoms with van der Waals surface area (Å²) in [5, 5.41) is 24.9. The van der Waals surface area contributed by atoms with Gasteiger partial charge in [0.2, 0.25) is 23.6 Å². The number of carbonyl (C=O) groups is 5. The van der Waals surface area contributed by atoms with Crippen LogP contribution in [-0.4, -0.2) is 123 Å². The molecule has 3 aromatic carbocycles. The number of hydrogen-bond acceptors (Lipinski definition) is 15. The minimum absolute atomic E-state index is 0.00911. The Labute approximate surface area is 418 Å². The van der Waals surface area contributed by atoms with Crippen LogP contribution in [0.5, 0.6) is 17.2 Å². The van der Waals surface area contributed by atoms with Gasteiger partial charge in [-0.3, -0.25) is 24.0 Å². The highest BCUT2D eigenvalue weighted by molar-refractivity contribution is 7.87. The molecule has 5 amide bonds. The zero-order valence-electron chi connectivity index (χ0n) is 40.7. The highest BCUT2D eigenvalue weighted by Crippen LogP contribution is 2.40. The minimum atomic E-state index is -4.45. The van der Waals surface area contributed by atoms with E-state index in [0.717, 1.165) is 36.3 Å². The number of fused-ring (bicyclic) bond motifs is 5. The molecule has 1 aliphatic heterocycles. The highest BCUT2D eigenvalue weighted by atomic mass is 32.2. The number of amides is 5. The lowest BCUT2D eigenvalue weighted by molar-refractivity contribution is -0.141. The summed E-state index contributed by atoms with van der Waals surface area (Å²) < 4.78 is 45.0. The Morgan fingerprint density at radius 2 is 1.51 bits per heavy atom. The van der Waals surface area contributed by atoms with Crippen LogP contribution in [0.4, 0.5) is 0 Å². The van der Waals surface area contributed by atoms with Crippen molar-refractivity contribution in [1.29, 1.82) is 5.26 Å². The molecule has 0 spiro atoms. The van der Waals surface area contributed by atoms with Gasteiger partial charge in [-0.15, -0.1) is 0 Å². The third kappa shape index (κ3) is 14.0. The van der Waals surface area contributed by atoms with E-state index in [1.165, 1.54) is 26.5 Å². The Balaban J connectivity index is 1.38. The topological polar surface area (TPSA) is 338 Å². The molecule has 22 nitrogen and oxygen atoms in total. The van der Waals surface area contributed by atoms with Crippen molar-refractivity contribution in [2.24, 2.45) is 16.6 Å². The van der Waals surface area contributed by atoms with E-state index in [1.54, 1.807) is 44.2 Å². The fraction of sp³-hybridized carbons (Fsp3) is 0.429. The molecule has 72 heavy (non-hydrogen) atoms. The molecule has 4 aromatic rings. The number of aromatic nitrogens is 2. The van der Waals surface area contributed by atoms with Crippen molar-refractivity contribution in [2.45, 2.75) is 89.6 Å². The van der Waals surface area contributed by atoms with Crippen molar-refractivity contribution < 1.29 is 46.6 Å². The standard InChI is InChI=1S/C49H62N12O10S/c1-28-42(29(2)57-44(56-28)32-11-14-35(15-12-32)71-34-8-6-5-7-9-34)47(64)60-39(27-55-72(53,67)68)49(66)61(4)43-33-13-17-41(70-23-20-52)37(26-33)36-24-31(10-16-40(36)69-22-19-51)25-38(46(63)54-21-18-50)59-45(62)30(3)58-48(43)65/h10-17,24,26,30,34,38-39,43,55H,5-9,19-23,25,27,51-52H2,1-4H3,(H,54,63)(H,58,65)(H,59,62)(H,60,64)(H2,53,67,68)/t30-,38-,39-,43-/m0/s1. The Bertz CT molecular complexity index is 2760. The Hall–Kier alpha value is -7.23. The van der Waals surface area contributed by atoms with Crippen molar-refractivity contribution in [3.05, 3.63) is 88.7 Å². The molecule has 0 saturated heterocycles. The van der Waals surface area contributed by atoms with Gasteiger partial charge in [-0.25, -0.2) is 15.1 Å². The first-order valence-electron chi connectivity index (χ1n) is 23.6. The molecular weight excluding hydrogens is 949 g/mol. The molecule has 0 radical (unpaired) electrons.